The first-order valence-corrected chi connectivity index (χ1v) is 11.5. The zero-order valence-corrected chi connectivity index (χ0v) is 14.6. The van der Waals surface area contributed by atoms with Crippen LogP contribution in [0.2, 0.25) is 19.6 Å². The van der Waals surface area contributed by atoms with E-state index in [1.807, 2.05) is 0 Å². The Kier molecular flexibility index (Phi) is 9.52. The highest BCUT2D eigenvalue weighted by Crippen LogP contribution is 2.18. The molecular formula is C14H29BrOSi. The average molecular weight is 321 g/mol. The first kappa shape index (κ1) is 17.4. The molecule has 0 radical (unpaired) electrons. The topological polar surface area (TPSA) is 17.1 Å². The summed E-state index contributed by atoms with van der Waals surface area (Å²) in [6, 6.07) is 0. The molecule has 1 atom stereocenters. The number of carbonyl (C=O) groups excluding carboxylic acids is 1. The SMILES string of the molecule is CCCCCCCCCC(Br)C(=O)[Si](C)(C)C. The smallest absolute Gasteiger partial charge is 0.125 e. The molecular weight excluding hydrogens is 292 g/mol. The van der Waals surface area contributed by atoms with E-state index < -0.39 is 8.07 Å². The van der Waals surface area contributed by atoms with Crippen LogP contribution < -0.4 is 0 Å². The third kappa shape index (κ3) is 9.01. The molecule has 0 rings (SSSR count). The first-order valence-electron chi connectivity index (χ1n) is 7.08. The van der Waals surface area contributed by atoms with Crippen LogP contribution in [0.25, 0.3) is 0 Å². The second kappa shape index (κ2) is 9.32. The Morgan fingerprint density at radius 3 is 1.94 bits per heavy atom. The van der Waals surface area contributed by atoms with Crippen LogP contribution in [0.1, 0.15) is 58.3 Å². The number of rotatable bonds is 10. The van der Waals surface area contributed by atoms with Gasteiger partial charge >= 0.3 is 0 Å². The van der Waals surface area contributed by atoms with Crippen LogP contribution in [0.5, 0.6) is 0 Å². The van der Waals surface area contributed by atoms with Gasteiger partial charge in [0.15, 0.2) is 0 Å². The number of alkyl halides is 1. The quantitative estimate of drug-likeness (QED) is 0.302. The first-order chi connectivity index (χ1) is 7.89. The zero-order valence-electron chi connectivity index (χ0n) is 12.0. The fourth-order valence-corrected chi connectivity index (χ4v) is 5.35. The van der Waals surface area contributed by atoms with E-state index >= 15 is 0 Å². The highest BCUT2D eigenvalue weighted by atomic mass is 79.9. The lowest BCUT2D eigenvalue weighted by molar-refractivity contribution is -0.112. The van der Waals surface area contributed by atoms with E-state index in [4.69, 9.17) is 0 Å². The van der Waals surface area contributed by atoms with Crippen molar-refractivity contribution in [1.29, 1.82) is 0 Å². The average Bonchev–Trinajstić information content (AvgIpc) is 2.25. The van der Waals surface area contributed by atoms with Crippen LogP contribution in [0.15, 0.2) is 0 Å². The molecule has 102 valence electrons. The van der Waals surface area contributed by atoms with Crippen LogP contribution in [0, 0.1) is 0 Å². The predicted molar refractivity (Wildman–Crippen MR) is 83.7 cm³/mol. The minimum absolute atomic E-state index is 0.116. The number of hydrogen-bond donors (Lipinski definition) is 0. The summed E-state index contributed by atoms with van der Waals surface area (Å²) in [4.78, 5) is 12.1. The van der Waals surface area contributed by atoms with Gasteiger partial charge in [0.2, 0.25) is 0 Å². The molecule has 0 N–H and O–H groups in total. The molecule has 17 heavy (non-hydrogen) atoms. The van der Waals surface area contributed by atoms with Crippen molar-refractivity contribution in [3.8, 4) is 0 Å². The van der Waals surface area contributed by atoms with Gasteiger partial charge in [0, 0.05) is 0 Å². The van der Waals surface area contributed by atoms with E-state index in [0.717, 1.165) is 6.42 Å². The Labute approximate surface area is 117 Å². The minimum atomic E-state index is -1.60. The van der Waals surface area contributed by atoms with Gasteiger partial charge in [-0.15, -0.1) is 0 Å². The molecule has 0 aromatic carbocycles. The van der Waals surface area contributed by atoms with E-state index in [1.165, 1.54) is 44.9 Å². The fraction of sp³-hybridized carbons (Fsp3) is 0.929. The molecule has 0 fully saturated rings. The van der Waals surface area contributed by atoms with Gasteiger partial charge in [-0.05, 0) is 6.42 Å². The number of unbranched alkanes of at least 4 members (excludes halogenated alkanes) is 6. The van der Waals surface area contributed by atoms with Gasteiger partial charge in [0.1, 0.15) is 13.5 Å². The van der Waals surface area contributed by atoms with Crippen molar-refractivity contribution < 1.29 is 4.79 Å². The molecule has 3 heteroatoms. The lowest BCUT2D eigenvalue weighted by Crippen LogP contribution is -2.39. The van der Waals surface area contributed by atoms with Gasteiger partial charge in [-0.1, -0.05) is 87.4 Å². The van der Waals surface area contributed by atoms with E-state index in [9.17, 15) is 4.79 Å². The second-order valence-electron chi connectivity index (χ2n) is 5.99. The summed E-state index contributed by atoms with van der Waals surface area (Å²) in [5.41, 5.74) is 0. The molecule has 0 saturated heterocycles. The van der Waals surface area contributed by atoms with Crippen molar-refractivity contribution in [2.24, 2.45) is 0 Å². The van der Waals surface area contributed by atoms with Crippen molar-refractivity contribution in [3.63, 3.8) is 0 Å². The van der Waals surface area contributed by atoms with Gasteiger partial charge in [0.25, 0.3) is 0 Å². The standard InChI is InChI=1S/C14H29BrOSi/c1-5-6-7-8-9-10-11-12-13(15)14(16)17(2,3)4/h13H,5-12H2,1-4H3. The van der Waals surface area contributed by atoms with E-state index in [1.54, 1.807) is 0 Å². The molecule has 0 aliphatic carbocycles. The Bertz CT molecular complexity index is 211. The molecule has 0 amide bonds. The third-order valence-corrected chi connectivity index (χ3v) is 6.21. The second-order valence-corrected chi connectivity index (χ2v) is 12.1. The molecule has 0 aliphatic heterocycles. The summed E-state index contributed by atoms with van der Waals surface area (Å²) in [5.74, 6) is 0. The van der Waals surface area contributed by atoms with Crippen LogP contribution in [0.3, 0.4) is 0 Å². The van der Waals surface area contributed by atoms with Gasteiger partial charge in [-0.3, -0.25) is 0 Å². The molecule has 0 spiro atoms. The van der Waals surface area contributed by atoms with E-state index in [-0.39, 0.29) is 4.83 Å². The molecule has 1 nitrogen and oxygen atoms in total. The van der Waals surface area contributed by atoms with E-state index in [0.29, 0.717) is 5.41 Å². The maximum Gasteiger partial charge on any atom is 0.125 e. The van der Waals surface area contributed by atoms with Crippen molar-refractivity contribution >= 4 is 29.4 Å². The lowest BCUT2D eigenvalue weighted by atomic mass is 10.1. The fourth-order valence-electron chi connectivity index (χ4n) is 1.88. The third-order valence-electron chi connectivity index (χ3n) is 3.08. The zero-order chi connectivity index (χ0) is 13.3. The van der Waals surface area contributed by atoms with Crippen molar-refractivity contribution in [1.82, 2.24) is 0 Å². The van der Waals surface area contributed by atoms with Crippen LogP contribution >= 0.6 is 15.9 Å². The van der Waals surface area contributed by atoms with Crippen molar-refractivity contribution in [2.75, 3.05) is 0 Å². The monoisotopic (exact) mass is 320 g/mol. The van der Waals surface area contributed by atoms with Gasteiger partial charge < -0.3 is 4.79 Å². The largest absolute Gasteiger partial charge is 0.304 e. The maximum absolute atomic E-state index is 12.0. The Morgan fingerprint density at radius 1 is 1.00 bits per heavy atom. The molecule has 0 aromatic rings. The Morgan fingerprint density at radius 2 is 1.47 bits per heavy atom. The molecule has 0 bridgehead atoms. The Balaban J connectivity index is 3.52. The molecule has 1 unspecified atom stereocenters. The summed E-state index contributed by atoms with van der Waals surface area (Å²) >= 11 is 3.56. The number of hydrogen-bond acceptors (Lipinski definition) is 1. The molecule has 0 saturated carbocycles. The van der Waals surface area contributed by atoms with Gasteiger partial charge in [-0.25, -0.2) is 0 Å². The summed E-state index contributed by atoms with van der Waals surface area (Å²) in [5, 5.41) is 0.475. The van der Waals surface area contributed by atoms with Crippen LogP contribution in [-0.4, -0.2) is 18.3 Å². The van der Waals surface area contributed by atoms with Crippen molar-refractivity contribution in [3.05, 3.63) is 0 Å². The highest BCUT2D eigenvalue weighted by molar-refractivity contribution is 9.10. The van der Waals surface area contributed by atoms with Crippen molar-refractivity contribution in [2.45, 2.75) is 82.8 Å². The number of halogens is 1. The summed E-state index contributed by atoms with van der Waals surface area (Å²) in [6.45, 7) is 8.65. The Hall–Kier alpha value is 0.367. The van der Waals surface area contributed by atoms with Crippen LogP contribution in [0.4, 0.5) is 0 Å². The van der Waals surface area contributed by atoms with E-state index in [2.05, 4.69) is 42.5 Å². The minimum Gasteiger partial charge on any atom is -0.304 e. The normalized spacial score (nSPS) is 13.7. The molecule has 0 aliphatic rings. The molecule has 0 aromatic heterocycles. The number of carbonyl (C=O) groups is 1. The van der Waals surface area contributed by atoms with Crippen LogP contribution in [-0.2, 0) is 4.79 Å². The van der Waals surface area contributed by atoms with Gasteiger partial charge in [-0.2, -0.15) is 0 Å². The predicted octanol–water partition coefficient (Wildman–Crippen LogP) is 5.34. The maximum atomic E-state index is 12.0. The lowest BCUT2D eigenvalue weighted by Gasteiger charge is -2.18. The molecule has 0 heterocycles. The summed E-state index contributed by atoms with van der Waals surface area (Å²) in [6.07, 6.45) is 10.3. The van der Waals surface area contributed by atoms with Gasteiger partial charge in [0.05, 0.1) is 4.83 Å². The highest BCUT2D eigenvalue weighted by Gasteiger charge is 2.29. The summed E-state index contributed by atoms with van der Waals surface area (Å²) < 4.78 is 0. The summed E-state index contributed by atoms with van der Waals surface area (Å²) in [7, 11) is -1.60.